The van der Waals surface area contributed by atoms with Crippen LogP contribution >= 0.6 is 11.6 Å². The molecule has 0 aliphatic heterocycles. The number of fused-ring (bicyclic) bond motifs is 1. The third-order valence-corrected chi connectivity index (χ3v) is 4.69. The van der Waals surface area contributed by atoms with Crippen molar-refractivity contribution in [3.05, 3.63) is 70.2 Å². The molecule has 0 fully saturated rings. The minimum atomic E-state index is 0.205. The van der Waals surface area contributed by atoms with Crippen LogP contribution in [0.3, 0.4) is 0 Å². The molecule has 0 aromatic heterocycles. The van der Waals surface area contributed by atoms with Gasteiger partial charge in [-0.3, -0.25) is 4.79 Å². The van der Waals surface area contributed by atoms with Crippen molar-refractivity contribution in [2.24, 2.45) is 0 Å². The lowest BCUT2D eigenvalue weighted by atomic mass is 9.97. The normalized spacial score (nSPS) is 16.4. The highest BCUT2D eigenvalue weighted by Crippen LogP contribution is 2.35. The molecule has 22 heavy (non-hydrogen) atoms. The first kappa shape index (κ1) is 15.1. The Labute approximate surface area is 136 Å². The van der Waals surface area contributed by atoms with Gasteiger partial charge in [0.15, 0.2) is 0 Å². The van der Waals surface area contributed by atoms with E-state index >= 15 is 0 Å². The smallest absolute Gasteiger partial charge is 0.223 e. The maximum Gasteiger partial charge on any atom is 0.223 e. The quantitative estimate of drug-likeness (QED) is 0.818. The van der Waals surface area contributed by atoms with Crippen LogP contribution in [0.25, 0.3) is 0 Å². The molecular weight excluding hydrogens is 294 g/mol. The molecule has 0 saturated heterocycles. The number of hydrogen-bond donors (Lipinski definition) is 0. The number of nitrogens with zero attached hydrogens (tertiary/aromatic N) is 1. The second-order valence-electron chi connectivity index (χ2n) is 6.01. The van der Waals surface area contributed by atoms with Crippen LogP contribution < -0.4 is 0 Å². The summed E-state index contributed by atoms with van der Waals surface area (Å²) in [5.41, 5.74) is 3.86. The number of rotatable bonds is 4. The van der Waals surface area contributed by atoms with Gasteiger partial charge in [0.25, 0.3) is 0 Å². The molecule has 2 aromatic carbocycles. The molecule has 1 aliphatic rings. The van der Waals surface area contributed by atoms with Crippen LogP contribution in [0.4, 0.5) is 0 Å². The molecule has 2 nitrogen and oxygen atoms in total. The molecule has 0 radical (unpaired) electrons. The lowest BCUT2D eigenvalue weighted by Gasteiger charge is -2.20. The van der Waals surface area contributed by atoms with Crippen molar-refractivity contribution < 1.29 is 4.79 Å². The summed E-state index contributed by atoms with van der Waals surface area (Å²) >= 11 is 5.89. The number of hydrogen-bond acceptors (Lipinski definition) is 1. The SMILES string of the molecule is CN(Cc1ccc(Cl)cc1)C(=O)CC1CCc2ccccc21. The minimum absolute atomic E-state index is 0.205. The third-order valence-electron chi connectivity index (χ3n) is 4.44. The van der Waals surface area contributed by atoms with E-state index in [0.717, 1.165) is 23.4 Å². The van der Waals surface area contributed by atoms with Gasteiger partial charge in [-0.15, -0.1) is 0 Å². The molecule has 0 spiro atoms. The number of carbonyl (C=O) groups excluding carboxylic acids is 1. The molecule has 0 heterocycles. The molecule has 0 bridgehead atoms. The van der Waals surface area contributed by atoms with Crippen LogP contribution in [0.5, 0.6) is 0 Å². The zero-order valence-electron chi connectivity index (χ0n) is 12.8. The highest BCUT2D eigenvalue weighted by atomic mass is 35.5. The maximum atomic E-state index is 12.5. The van der Waals surface area contributed by atoms with Gasteiger partial charge in [0.2, 0.25) is 5.91 Å². The van der Waals surface area contributed by atoms with Gasteiger partial charge in [0.05, 0.1) is 0 Å². The average molecular weight is 314 g/mol. The van der Waals surface area contributed by atoms with Gasteiger partial charge in [0.1, 0.15) is 0 Å². The first-order valence-corrected chi connectivity index (χ1v) is 8.07. The van der Waals surface area contributed by atoms with E-state index in [1.807, 2.05) is 36.2 Å². The van der Waals surface area contributed by atoms with Gasteiger partial charge in [-0.2, -0.15) is 0 Å². The van der Waals surface area contributed by atoms with Crippen molar-refractivity contribution in [3.8, 4) is 0 Å². The summed E-state index contributed by atoms with van der Waals surface area (Å²) < 4.78 is 0. The molecule has 114 valence electrons. The zero-order chi connectivity index (χ0) is 15.5. The van der Waals surface area contributed by atoms with Crippen LogP contribution in [-0.4, -0.2) is 17.9 Å². The molecule has 1 aliphatic carbocycles. The largest absolute Gasteiger partial charge is 0.341 e. The van der Waals surface area contributed by atoms with Gasteiger partial charge >= 0.3 is 0 Å². The first-order valence-electron chi connectivity index (χ1n) is 7.69. The van der Waals surface area contributed by atoms with Crippen molar-refractivity contribution in [1.29, 1.82) is 0 Å². The van der Waals surface area contributed by atoms with E-state index in [2.05, 4.69) is 24.3 Å². The molecule has 0 N–H and O–H groups in total. The van der Waals surface area contributed by atoms with Crippen molar-refractivity contribution in [1.82, 2.24) is 4.90 Å². The maximum absolute atomic E-state index is 12.5. The van der Waals surface area contributed by atoms with E-state index in [4.69, 9.17) is 11.6 Å². The Kier molecular flexibility index (Phi) is 4.49. The van der Waals surface area contributed by atoms with Gasteiger partial charge in [-0.25, -0.2) is 0 Å². The molecule has 3 heteroatoms. The fourth-order valence-corrected chi connectivity index (χ4v) is 3.30. The predicted molar refractivity (Wildman–Crippen MR) is 90.0 cm³/mol. The van der Waals surface area contributed by atoms with E-state index in [1.54, 1.807) is 0 Å². The minimum Gasteiger partial charge on any atom is -0.341 e. The van der Waals surface area contributed by atoms with Crippen molar-refractivity contribution in [2.75, 3.05) is 7.05 Å². The highest BCUT2D eigenvalue weighted by Gasteiger charge is 2.25. The third kappa shape index (κ3) is 3.33. The molecular formula is C19H20ClNO. The molecule has 1 unspecified atom stereocenters. The topological polar surface area (TPSA) is 20.3 Å². The summed E-state index contributed by atoms with van der Waals surface area (Å²) in [5, 5.41) is 0.722. The molecule has 2 aromatic rings. The predicted octanol–water partition coefficient (Wildman–Crippen LogP) is 4.42. The molecule has 0 saturated carbocycles. The van der Waals surface area contributed by atoms with Crippen LogP contribution in [0.15, 0.2) is 48.5 Å². The average Bonchev–Trinajstić information content (AvgIpc) is 2.93. The van der Waals surface area contributed by atoms with Crippen LogP contribution in [0.2, 0.25) is 5.02 Å². The summed E-state index contributed by atoms with van der Waals surface area (Å²) in [6.45, 7) is 0.629. The molecule has 1 amide bonds. The lowest BCUT2D eigenvalue weighted by molar-refractivity contribution is -0.130. The van der Waals surface area contributed by atoms with E-state index < -0.39 is 0 Å². The van der Waals surface area contributed by atoms with E-state index in [1.165, 1.54) is 11.1 Å². The van der Waals surface area contributed by atoms with Crippen LogP contribution in [0, 0.1) is 0 Å². The molecule has 3 rings (SSSR count). The second-order valence-corrected chi connectivity index (χ2v) is 6.45. The van der Waals surface area contributed by atoms with Gasteiger partial charge in [-0.05, 0) is 47.6 Å². The Morgan fingerprint density at radius 1 is 1.18 bits per heavy atom. The number of benzene rings is 2. The van der Waals surface area contributed by atoms with Crippen molar-refractivity contribution in [2.45, 2.75) is 31.7 Å². The van der Waals surface area contributed by atoms with Crippen LogP contribution in [0.1, 0.15) is 35.4 Å². The van der Waals surface area contributed by atoms with Gasteiger partial charge in [0, 0.05) is 25.0 Å². The van der Waals surface area contributed by atoms with E-state index in [-0.39, 0.29) is 5.91 Å². The number of aryl methyl sites for hydroxylation is 1. The van der Waals surface area contributed by atoms with Crippen molar-refractivity contribution >= 4 is 17.5 Å². The zero-order valence-corrected chi connectivity index (χ0v) is 13.5. The summed E-state index contributed by atoms with van der Waals surface area (Å²) in [6.07, 6.45) is 2.77. The Morgan fingerprint density at radius 2 is 1.91 bits per heavy atom. The number of halogens is 1. The Hall–Kier alpha value is -1.80. The summed E-state index contributed by atoms with van der Waals surface area (Å²) in [5.74, 6) is 0.577. The Morgan fingerprint density at radius 3 is 2.68 bits per heavy atom. The van der Waals surface area contributed by atoms with Crippen molar-refractivity contribution in [3.63, 3.8) is 0 Å². The monoisotopic (exact) mass is 313 g/mol. The Bertz CT molecular complexity index is 665. The second kappa shape index (κ2) is 6.53. The van der Waals surface area contributed by atoms with E-state index in [9.17, 15) is 4.79 Å². The molecule has 1 atom stereocenters. The summed E-state index contributed by atoms with van der Waals surface area (Å²) in [7, 11) is 1.87. The fourth-order valence-electron chi connectivity index (χ4n) is 3.18. The lowest BCUT2D eigenvalue weighted by Crippen LogP contribution is -2.27. The standard InChI is InChI=1S/C19H20ClNO/c1-21(13-14-6-10-17(20)11-7-14)19(22)12-16-9-8-15-4-2-3-5-18(15)16/h2-7,10-11,16H,8-9,12-13H2,1H3. The van der Waals surface area contributed by atoms with Crippen LogP contribution in [-0.2, 0) is 17.8 Å². The van der Waals surface area contributed by atoms with Gasteiger partial charge in [-0.1, -0.05) is 48.0 Å². The highest BCUT2D eigenvalue weighted by molar-refractivity contribution is 6.30. The van der Waals surface area contributed by atoms with E-state index in [0.29, 0.717) is 18.9 Å². The van der Waals surface area contributed by atoms with Gasteiger partial charge < -0.3 is 4.90 Å². The summed E-state index contributed by atoms with van der Waals surface area (Å²) in [4.78, 5) is 14.3. The number of carbonyl (C=O) groups is 1. The fraction of sp³-hybridized carbons (Fsp3) is 0.316. The number of amides is 1. The Balaban J connectivity index is 1.61. The first-order chi connectivity index (χ1) is 10.6. The summed E-state index contributed by atoms with van der Waals surface area (Å²) in [6, 6.07) is 16.2.